The Morgan fingerprint density at radius 3 is 2.84 bits per heavy atom. The second kappa shape index (κ2) is 6.80. The zero-order chi connectivity index (χ0) is 18.2. The van der Waals surface area contributed by atoms with Gasteiger partial charge in [0.2, 0.25) is 0 Å². The van der Waals surface area contributed by atoms with E-state index in [9.17, 15) is 13.8 Å². The van der Waals surface area contributed by atoms with Crippen molar-refractivity contribution in [1.29, 1.82) is 0 Å². The fourth-order valence-electron chi connectivity index (χ4n) is 2.98. The molecule has 1 heterocycles. The predicted molar refractivity (Wildman–Crippen MR) is 101 cm³/mol. The van der Waals surface area contributed by atoms with Crippen molar-refractivity contribution in [3.63, 3.8) is 0 Å². The molecule has 0 bridgehead atoms. The summed E-state index contributed by atoms with van der Waals surface area (Å²) in [5, 5.41) is 3.23. The van der Waals surface area contributed by atoms with E-state index in [2.05, 4.69) is 24.1 Å². The number of carbonyl (C=O) groups is 2. The molecule has 1 aliphatic carbocycles. The second-order valence-electron chi connectivity index (χ2n) is 7.11. The van der Waals surface area contributed by atoms with E-state index in [1.54, 1.807) is 24.5 Å². The number of benzene rings is 1. The number of amides is 1. The third-order valence-electron chi connectivity index (χ3n) is 4.02. The molecule has 0 saturated heterocycles. The number of fused-ring (bicyclic) bond motifs is 1. The van der Waals surface area contributed by atoms with Gasteiger partial charge in [-0.3, -0.25) is 19.1 Å². The first kappa shape index (κ1) is 17.9. The summed E-state index contributed by atoms with van der Waals surface area (Å²) < 4.78 is 11.4. The number of hydrogen-bond donors (Lipinski definition) is 1. The number of ketones is 1. The Morgan fingerprint density at radius 2 is 2.12 bits per heavy atom. The molecule has 1 amide bonds. The Bertz CT molecular complexity index is 871. The van der Waals surface area contributed by atoms with Crippen molar-refractivity contribution in [2.45, 2.75) is 32.4 Å². The van der Waals surface area contributed by atoms with Gasteiger partial charge in [-0.1, -0.05) is 37.3 Å². The monoisotopic (exact) mass is 376 g/mol. The molecule has 1 aromatic heterocycles. The molecule has 1 N–H and O–H groups in total. The minimum Gasteiger partial charge on any atom is -0.298 e. The van der Waals surface area contributed by atoms with E-state index in [0.717, 1.165) is 17.7 Å². The molecule has 1 aromatic carbocycles. The molecule has 1 aliphatic rings. The van der Waals surface area contributed by atoms with Crippen molar-refractivity contribution >= 4 is 39.0 Å². The smallest absolute Gasteiger partial charge is 0.257 e. The number of nitrogens with one attached hydrogen (secondary N) is 1. The molecule has 0 saturated carbocycles. The zero-order valence-corrected chi connectivity index (χ0v) is 16.1. The number of hydrogen-bond acceptors (Lipinski definition) is 5. The summed E-state index contributed by atoms with van der Waals surface area (Å²) in [4.78, 5) is 29.8. The Labute approximate surface area is 153 Å². The van der Waals surface area contributed by atoms with Gasteiger partial charge in [-0.15, -0.1) is 0 Å². The Kier molecular flexibility index (Phi) is 4.88. The fraction of sp³-hybridized carbons (Fsp3) is 0.389. The maximum atomic E-state index is 12.5. The Hall–Kier alpha value is -1.86. The van der Waals surface area contributed by atoms with E-state index in [1.165, 1.54) is 11.3 Å². The highest BCUT2D eigenvalue weighted by Gasteiger charge is 2.34. The van der Waals surface area contributed by atoms with Gasteiger partial charge in [0.15, 0.2) is 10.9 Å². The molecule has 0 unspecified atom stereocenters. The highest BCUT2D eigenvalue weighted by Crippen LogP contribution is 2.38. The molecule has 1 atom stereocenters. The predicted octanol–water partition coefficient (Wildman–Crippen LogP) is 3.43. The maximum absolute atomic E-state index is 12.5. The Morgan fingerprint density at radius 1 is 1.36 bits per heavy atom. The fourth-order valence-corrected chi connectivity index (χ4v) is 4.54. The van der Waals surface area contributed by atoms with E-state index >= 15 is 0 Å². The zero-order valence-electron chi connectivity index (χ0n) is 14.4. The van der Waals surface area contributed by atoms with Crippen molar-refractivity contribution in [1.82, 2.24) is 4.98 Å². The third kappa shape index (κ3) is 4.22. The van der Waals surface area contributed by atoms with Gasteiger partial charge in [0.25, 0.3) is 5.91 Å². The molecule has 0 fully saturated rings. The molecule has 132 valence electrons. The highest BCUT2D eigenvalue weighted by molar-refractivity contribution is 7.83. The average Bonchev–Trinajstić information content (AvgIpc) is 2.88. The van der Waals surface area contributed by atoms with Crippen LogP contribution in [0.25, 0.3) is 0 Å². The number of carbonyl (C=O) groups excluding carboxylic acids is 2. The average molecular weight is 377 g/mol. The second-order valence-corrected chi connectivity index (χ2v) is 9.54. The first-order chi connectivity index (χ1) is 11.7. The van der Waals surface area contributed by atoms with Crippen LogP contribution in [0.5, 0.6) is 0 Å². The summed E-state index contributed by atoms with van der Waals surface area (Å²) in [5.74, 6) is 0.231. The van der Waals surface area contributed by atoms with Gasteiger partial charge in [-0.2, -0.15) is 0 Å². The summed E-state index contributed by atoms with van der Waals surface area (Å²) in [7, 11) is -0.962. The van der Waals surface area contributed by atoms with Crippen LogP contribution in [0.15, 0.2) is 24.3 Å². The first-order valence-corrected chi connectivity index (χ1v) is 10.5. The molecule has 25 heavy (non-hydrogen) atoms. The number of Topliss-reactive ketones (excluding diaryl/α,β-unsaturated/α-hetero) is 1. The van der Waals surface area contributed by atoms with E-state index in [4.69, 9.17) is 0 Å². The topological polar surface area (TPSA) is 76.1 Å². The molecule has 7 heteroatoms. The number of aromatic nitrogens is 1. The first-order valence-electron chi connectivity index (χ1n) is 7.97. The van der Waals surface area contributed by atoms with Crippen molar-refractivity contribution < 1.29 is 13.8 Å². The van der Waals surface area contributed by atoms with E-state index in [-0.39, 0.29) is 17.1 Å². The van der Waals surface area contributed by atoms with Gasteiger partial charge in [0.05, 0.1) is 10.6 Å². The van der Waals surface area contributed by atoms with Crippen molar-refractivity contribution in [2.75, 3.05) is 11.6 Å². The molecule has 0 aliphatic heterocycles. The number of anilines is 1. The Balaban J connectivity index is 1.78. The van der Waals surface area contributed by atoms with Crippen LogP contribution >= 0.6 is 11.3 Å². The number of nitrogens with zero attached hydrogens (tertiary/aromatic N) is 1. The lowest BCUT2D eigenvalue weighted by atomic mass is 9.78. The summed E-state index contributed by atoms with van der Waals surface area (Å²) >= 11 is 1.24. The summed E-state index contributed by atoms with van der Waals surface area (Å²) in [6.07, 6.45) is 2.87. The van der Waals surface area contributed by atoms with Crippen LogP contribution < -0.4 is 5.32 Å². The normalized spacial score (nSPS) is 17.0. The van der Waals surface area contributed by atoms with Crippen molar-refractivity contribution in [3.05, 3.63) is 46.0 Å². The van der Waals surface area contributed by atoms with Crippen molar-refractivity contribution in [2.24, 2.45) is 5.41 Å². The SMILES string of the molecule is C[S@@](=O)Cc1cccc(C(=O)Nc2nc3c(s2)C(=O)CC(C)(C)C3)c1. The van der Waals surface area contributed by atoms with Gasteiger partial charge in [-0.05, 0) is 29.5 Å². The van der Waals surface area contributed by atoms with E-state index < -0.39 is 10.8 Å². The number of rotatable bonds is 4. The summed E-state index contributed by atoms with van der Waals surface area (Å²) in [6.45, 7) is 4.10. The van der Waals surface area contributed by atoms with E-state index in [1.807, 2.05) is 6.07 Å². The molecule has 0 radical (unpaired) electrons. The quantitative estimate of drug-likeness (QED) is 0.887. The minimum atomic E-state index is -0.962. The third-order valence-corrected chi connectivity index (χ3v) is 5.81. The molecular formula is C18H20N2O3S2. The summed E-state index contributed by atoms with van der Waals surface area (Å²) in [5.41, 5.74) is 2.02. The number of thiazole rings is 1. The maximum Gasteiger partial charge on any atom is 0.257 e. The van der Waals surface area contributed by atoms with E-state index in [0.29, 0.717) is 27.7 Å². The molecular weight excluding hydrogens is 356 g/mol. The molecule has 0 spiro atoms. The lowest BCUT2D eigenvalue weighted by Crippen LogP contribution is -2.26. The van der Waals surface area contributed by atoms with Gasteiger partial charge in [-0.25, -0.2) is 4.98 Å². The van der Waals surface area contributed by atoms with Crippen LogP contribution in [-0.4, -0.2) is 27.1 Å². The minimum absolute atomic E-state index is 0.0937. The largest absolute Gasteiger partial charge is 0.298 e. The van der Waals surface area contributed by atoms with Crippen LogP contribution in [0.4, 0.5) is 5.13 Å². The van der Waals surface area contributed by atoms with Crippen LogP contribution in [-0.2, 0) is 23.0 Å². The molecule has 2 aromatic rings. The van der Waals surface area contributed by atoms with Crippen LogP contribution in [0.2, 0.25) is 0 Å². The molecule has 3 rings (SSSR count). The van der Waals surface area contributed by atoms with Crippen LogP contribution in [0.1, 0.15) is 51.6 Å². The molecule has 5 nitrogen and oxygen atoms in total. The van der Waals surface area contributed by atoms with Crippen LogP contribution in [0.3, 0.4) is 0 Å². The van der Waals surface area contributed by atoms with Gasteiger partial charge in [0.1, 0.15) is 0 Å². The summed E-state index contributed by atoms with van der Waals surface area (Å²) in [6, 6.07) is 7.06. The lowest BCUT2D eigenvalue weighted by molar-refractivity contribution is 0.0915. The lowest BCUT2D eigenvalue weighted by Gasteiger charge is -2.26. The van der Waals surface area contributed by atoms with Crippen molar-refractivity contribution in [3.8, 4) is 0 Å². The highest BCUT2D eigenvalue weighted by atomic mass is 32.2. The standard InChI is InChI=1S/C18H20N2O3S2/c1-18(2)8-13-15(14(21)9-18)24-17(19-13)20-16(22)12-6-4-5-11(7-12)10-25(3)23/h4-7H,8-10H2,1-3H3,(H,19,20,22)/t25-/m1/s1. The van der Waals surface area contributed by atoms with Crippen LogP contribution in [0, 0.1) is 5.41 Å². The van der Waals surface area contributed by atoms with Gasteiger partial charge >= 0.3 is 0 Å². The van der Waals surface area contributed by atoms with Gasteiger partial charge < -0.3 is 0 Å². The van der Waals surface area contributed by atoms with Gasteiger partial charge in [0, 0.05) is 34.8 Å².